The first kappa shape index (κ1) is 9.71. The van der Waals surface area contributed by atoms with E-state index in [0.717, 1.165) is 24.8 Å². The predicted octanol–water partition coefficient (Wildman–Crippen LogP) is 2.19. The molecule has 0 atom stereocenters. The molecule has 1 saturated carbocycles. The van der Waals surface area contributed by atoms with Crippen molar-refractivity contribution in [1.82, 2.24) is 0 Å². The summed E-state index contributed by atoms with van der Waals surface area (Å²) in [5, 5.41) is -0.102. The molecule has 1 aromatic carbocycles. The Morgan fingerprint density at radius 1 is 1.36 bits per heavy atom. The fourth-order valence-electron chi connectivity index (χ4n) is 1.51. The van der Waals surface area contributed by atoms with Gasteiger partial charge in [0.1, 0.15) is 0 Å². The average Bonchev–Trinajstić information content (AvgIpc) is 3.01. The Morgan fingerprint density at radius 2 is 2.07 bits per heavy atom. The van der Waals surface area contributed by atoms with E-state index in [9.17, 15) is 8.42 Å². The maximum absolute atomic E-state index is 11.9. The molecule has 0 aliphatic heterocycles. The second-order valence-electron chi connectivity index (χ2n) is 3.75. The van der Waals surface area contributed by atoms with Gasteiger partial charge >= 0.3 is 0 Å². The summed E-state index contributed by atoms with van der Waals surface area (Å²) in [7, 11) is -3.00. The summed E-state index contributed by atoms with van der Waals surface area (Å²) in [6, 6.07) is 7.29. The third-order valence-corrected chi connectivity index (χ3v) is 4.86. The van der Waals surface area contributed by atoms with Crippen LogP contribution in [0.1, 0.15) is 25.3 Å². The molecule has 0 aromatic heterocycles. The molecule has 0 spiro atoms. The van der Waals surface area contributed by atoms with Crippen LogP contribution in [-0.2, 0) is 16.3 Å². The summed E-state index contributed by atoms with van der Waals surface area (Å²) in [6.07, 6.45) is 2.55. The topological polar surface area (TPSA) is 34.1 Å². The first-order valence-corrected chi connectivity index (χ1v) is 6.52. The van der Waals surface area contributed by atoms with Gasteiger partial charge in [0.2, 0.25) is 0 Å². The fraction of sp³-hybridized carbons (Fsp3) is 0.455. The third kappa shape index (κ3) is 1.69. The first-order valence-electron chi connectivity index (χ1n) is 4.97. The normalized spacial score (nSPS) is 16.9. The van der Waals surface area contributed by atoms with Crippen molar-refractivity contribution in [3.63, 3.8) is 0 Å². The van der Waals surface area contributed by atoms with Gasteiger partial charge in [-0.05, 0) is 37.0 Å². The van der Waals surface area contributed by atoms with E-state index in [0.29, 0.717) is 4.90 Å². The zero-order valence-corrected chi connectivity index (χ0v) is 9.05. The molecule has 0 amide bonds. The van der Waals surface area contributed by atoms with Gasteiger partial charge in [-0.2, -0.15) is 0 Å². The van der Waals surface area contributed by atoms with Crippen LogP contribution in [0.15, 0.2) is 29.2 Å². The molecule has 0 N–H and O–H groups in total. The Hall–Kier alpha value is -0.830. The highest BCUT2D eigenvalue weighted by Crippen LogP contribution is 2.33. The van der Waals surface area contributed by atoms with E-state index < -0.39 is 9.84 Å². The van der Waals surface area contributed by atoms with Crippen molar-refractivity contribution in [2.75, 3.05) is 0 Å². The van der Waals surface area contributed by atoms with Crippen LogP contribution in [0, 0.1) is 0 Å². The molecule has 1 aliphatic rings. The molecule has 2 rings (SSSR count). The van der Waals surface area contributed by atoms with Gasteiger partial charge in [0.05, 0.1) is 10.1 Å². The molecular weight excluding hydrogens is 196 g/mol. The maximum Gasteiger partial charge on any atom is 0.181 e. The highest BCUT2D eigenvalue weighted by atomic mass is 32.2. The molecule has 3 heteroatoms. The van der Waals surface area contributed by atoms with Crippen LogP contribution in [0.25, 0.3) is 0 Å². The highest BCUT2D eigenvalue weighted by Gasteiger charge is 2.36. The Kier molecular flexibility index (Phi) is 2.35. The number of rotatable bonds is 3. The molecule has 76 valence electrons. The van der Waals surface area contributed by atoms with Gasteiger partial charge in [0.15, 0.2) is 9.84 Å². The van der Waals surface area contributed by atoms with Crippen molar-refractivity contribution in [1.29, 1.82) is 0 Å². The minimum Gasteiger partial charge on any atom is -0.223 e. The lowest BCUT2D eigenvalue weighted by atomic mass is 10.2. The maximum atomic E-state index is 11.9. The van der Waals surface area contributed by atoms with Gasteiger partial charge < -0.3 is 0 Å². The number of sulfone groups is 1. The lowest BCUT2D eigenvalue weighted by molar-refractivity contribution is 0.594. The minimum atomic E-state index is -3.00. The zero-order chi connectivity index (χ0) is 10.2. The summed E-state index contributed by atoms with van der Waals surface area (Å²) < 4.78 is 23.7. The molecule has 0 unspecified atom stereocenters. The molecule has 0 bridgehead atoms. The van der Waals surface area contributed by atoms with Crippen LogP contribution in [0.3, 0.4) is 0 Å². The predicted molar refractivity (Wildman–Crippen MR) is 56.0 cm³/mol. The molecule has 1 fully saturated rings. The molecule has 2 nitrogen and oxygen atoms in total. The monoisotopic (exact) mass is 210 g/mol. The Labute approximate surface area is 84.9 Å². The third-order valence-electron chi connectivity index (χ3n) is 2.60. The van der Waals surface area contributed by atoms with E-state index in [1.54, 1.807) is 12.1 Å². The molecule has 0 heterocycles. The molecule has 1 aliphatic carbocycles. The van der Waals surface area contributed by atoms with Gasteiger partial charge in [-0.3, -0.25) is 0 Å². The lowest BCUT2D eigenvalue weighted by Gasteiger charge is -2.03. The molecule has 0 saturated heterocycles. The van der Waals surface area contributed by atoms with Gasteiger partial charge in [-0.25, -0.2) is 8.42 Å². The van der Waals surface area contributed by atoms with Crippen LogP contribution < -0.4 is 0 Å². The van der Waals surface area contributed by atoms with Crippen molar-refractivity contribution in [3.05, 3.63) is 29.8 Å². The van der Waals surface area contributed by atoms with Crippen LogP contribution >= 0.6 is 0 Å². The summed E-state index contributed by atoms with van der Waals surface area (Å²) in [5.74, 6) is 0. The van der Waals surface area contributed by atoms with Gasteiger partial charge in [0.25, 0.3) is 0 Å². The second-order valence-corrected chi connectivity index (χ2v) is 5.97. The van der Waals surface area contributed by atoms with Gasteiger partial charge in [-0.1, -0.05) is 19.1 Å². The number of aryl methyl sites for hydroxylation is 1. The number of hydrogen-bond acceptors (Lipinski definition) is 2. The Morgan fingerprint density at radius 3 is 2.64 bits per heavy atom. The van der Waals surface area contributed by atoms with Gasteiger partial charge in [-0.15, -0.1) is 0 Å². The minimum absolute atomic E-state index is 0.102. The molecule has 1 aromatic rings. The summed E-state index contributed by atoms with van der Waals surface area (Å²) in [5.41, 5.74) is 1.09. The van der Waals surface area contributed by atoms with Crippen molar-refractivity contribution in [3.8, 4) is 0 Å². The molecule has 14 heavy (non-hydrogen) atoms. The van der Waals surface area contributed by atoms with Crippen molar-refractivity contribution in [2.24, 2.45) is 0 Å². The van der Waals surface area contributed by atoms with Crippen LogP contribution in [0.2, 0.25) is 0 Å². The van der Waals surface area contributed by atoms with E-state index in [4.69, 9.17) is 0 Å². The smallest absolute Gasteiger partial charge is 0.181 e. The average molecular weight is 210 g/mol. The number of benzene rings is 1. The number of hydrogen-bond donors (Lipinski definition) is 0. The van der Waals surface area contributed by atoms with Crippen molar-refractivity contribution < 1.29 is 8.42 Å². The fourth-order valence-corrected chi connectivity index (χ4v) is 3.24. The van der Waals surface area contributed by atoms with E-state index in [2.05, 4.69) is 0 Å². The van der Waals surface area contributed by atoms with E-state index in [-0.39, 0.29) is 5.25 Å². The van der Waals surface area contributed by atoms with E-state index in [1.165, 1.54) is 0 Å². The van der Waals surface area contributed by atoms with Crippen LogP contribution in [-0.4, -0.2) is 13.7 Å². The summed E-state index contributed by atoms with van der Waals surface area (Å²) >= 11 is 0. The zero-order valence-electron chi connectivity index (χ0n) is 8.23. The molecule has 0 radical (unpaired) electrons. The lowest BCUT2D eigenvalue weighted by Crippen LogP contribution is -2.07. The van der Waals surface area contributed by atoms with Crippen molar-refractivity contribution in [2.45, 2.75) is 36.3 Å². The summed E-state index contributed by atoms with van der Waals surface area (Å²) in [6.45, 7) is 2.03. The quantitative estimate of drug-likeness (QED) is 0.766. The summed E-state index contributed by atoms with van der Waals surface area (Å²) in [4.78, 5) is 0.499. The van der Waals surface area contributed by atoms with E-state index in [1.807, 2.05) is 19.1 Å². The largest absolute Gasteiger partial charge is 0.223 e. The first-order chi connectivity index (χ1) is 6.64. The standard InChI is InChI=1S/C11H14O2S/c1-2-9-4-3-5-11(8-9)14(12,13)10-6-7-10/h3-5,8,10H,2,6-7H2,1H3. The highest BCUT2D eigenvalue weighted by molar-refractivity contribution is 7.92. The Balaban J connectivity index is 2.40. The van der Waals surface area contributed by atoms with Crippen LogP contribution in [0.4, 0.5) is 0 Å². The van der Waals surface area contributed by atoms with Crippen molar-refractivity contribution >= 4 is 9.84 Å². The van der Waals surface area contributed by atoms with Crippen LogP contribution in [0.5, 0.6) is 0 Å². The van der Waals surface area contributed by atoms with E-state index >= 15 is 0 Å². The second kappa shape index (κ2) is 3.39. The molecular formula is C11H14O2S. The Bertz CT molecular complexity index is 430. The SMILES string of the molecule is CCc1cccc(S(=O)(=O)C2CC2)c1. The van der Waals surface area contributed by atoms with Gasteiger partial charge in [0, 0.05) is 0 Å².